The molecule has 0 atom stereocenters. The van der Waals surface area contributed by atoms with Crippen molar-refractivity contribution in [3.8, 4) is 11.5 Å². The number of pyridine rings is 1. The Morgan fingerprint density at radius 2 is 2.11 bits per heavy atom. The summed E-state index contributed by atoms with van der Waals surface area (Å²) in [6.07, 6.45) is 1.52. The number of benzene rings is 1. The molecule has 2 aromatic rings. The zero-order valence-corrected chi connectivity index (χ0v) is 16.5. The molecule has 1 aromatic heterocycles. The SMILES string of the molecule is CCOc1cc(CN(C)C(=O)c2cnc3c(c2)N(C)C(=O)CN3)ccc1OC. The molecule has 0 unspecified atom stereocenters. The Bertz CT molecular complexity index is 900. The van der Waals surface area contributed by atoms with Crippen molar-refractivity contribution in [2.45, 2.75) is 13.5 Å². The van der Waals surface area contributed by atoms with Gasteiger partial charge in [-0.25, -0.2) is 4.98 Å². The Labute approximate surface area is 164 Å². The van der Waals surface area contributed by atoms with Crippen LogP contribution in [0.2, 0.25) is 0 Å². The molecule has 1 N–H and O–H groups in total. The van der Waals surface area contributed by atoms with Crippen LogP contribution in [-0.2, 0) is 11.3 Å². The van der Waals surface area contributed by atoms with Gasteiger partial charge in [0.1, 0.15) is 5.82 Å². The summed E-state index contributed by atoms with van der Waals surface area (Å²) in [5.74, 6) is 1.63. The molecule has 1 aliphatic heterocycles. The summed E-state index contributed by atoms with van der Waals surface area (Å²) in [6.45, 7) is 3.02. The van der Waals surface area contributed by atoms with Gasteiger partial charge in [-0.3, -0.25) is 9.59 Å². The first-order valence-corrected chi connectivity index (χ1v) is 9.00. The van der Waals surface area contributed by atoms with E-state index in [4.69, 9.17) is 9.47 Å². The molecule has 8 heteroatoms. The average Bonchev–Trinajstić information content (AvgIpc) is 2.70. The maximum Gasteiger partial charge on any atom is 0.255 e. The molecule has 3 rings (SSSR count). The van der Waals surface area contributed by atoms with Crippen LogP contribution in [0, 0.1) is 0 Å². The van der Waals surface area contributed by atoms with E-state index in [9.17, 15) is 9.59 Å². The van der Waals surface area contributed by atoms with Crippen molar-refractivity contribution in [2.24, 2.45) is 0 Å². The van der Waals surface area contributed by atoms with E-state index in [0.717, 1.165) is 5.56 Å². The van der Waals surface area contributed by atoms with Crippen molar-refractivity contribution in [2.75, 3.05) is 44.6 Å². The van der Waals surface area contributed by atoms with E-state index in [1.165, 1.54) is 11.1 Å². The predicted molar refractivity (Wildman–Crippen MR) is 106 cm³/mol. The van der Waals surface area contributed by atoms with Gasteiger partial charge in [0.25, 0.3) is 5.91 Å². The molecule has 0 saturated heterocycles. The Kier molecular flexibility index (Phi) is 5.67. The standard InChI is InChI=1S/C20H24N4O4/c1-5-28-17-8-13(6-7-16(17)27-4)12-23(2)20(26)14-9-15-19(21-10-14)22-11-18(25)24(15)3/h6-10H,5,11-12H2,1-4H3,(H,21,22). The molecule has 1 aliphatic rings. The van der Waals surface area contributed by atoms with E-state index in [0.29, 0.717) is 41.7 Å². The zero-order chi connectivity index (χ0) is 20.3. The Hall–Kier alpha value is -3.29. The first-order chi connectivity index (χ1) is 13.4. The van der Waals surface area contributed by atoms with Crippen LogP contribution in [-0.4, -0.2) is 56.1 Å². The lowest BCUT2D eigenvalue weighted by molar-refractivity contribution is -0.116. The van der Waals surface area contributed by atoms with Gasteiger partial charge in [0.05, 0.1) is 31.5 Å². The van der Waals surface area contributed by atoms with Crippen molar-refractivity contribution in [3.05, 3.63) is 41.6 Å². The highest BCUT2D eigenvalue weighted by Gasteiger charge is 2.24. The summed E-state index contributed by atoms with van der Waals surface area (Å²) in [6, 6.07) is 7.27. The van der Waals surface area contributed by atoms with E-state index >= 15 is 0 Å². The summed E-state index contributed by atoms with van der Waals surface area (Å²) in [5, 5.41) is 2.95. The molecular weight excluding hydrogens is 360 g/mol. The number of amides is 2. The van der Waals surface area contributed by atoms with Crippen LogP contribution in [0.5, 0.6) is 11.5 Å². The van der Waals surface area contributed by atoms with Crippen molar-refractivity contribution < 1.29 is 19.1 Å². The Balaban J connectivity index is 1.78. The first kappa shape index (κ1) is 19.5. The summed E-state index contributed by atoms with van der Waals surface area (Å²) >= 11 is 0. The number of fused-ring (bicyclic) bond motifs is 1. The van der Waals surface area contributed by atoms with Gasteiger partial charge in [0, 0.05) is 26.8 Å². The molecule has 1 aromatic carbocycles. The smallest absolute Gasteiger partial charge is 0.255 e. The lowest BCUT2D eigenvalue weighted by Crippen LogP contribution is -2.37. The fourth-order valence-electron chi connectivity index (χ4n) is 3.03. The van der Waals surface area contributed by atoms with Crippen LogP contribution in [0.3, 0.4) is 0 Å². The lowest BCUT2D eigenvalue weighted by atomic mass is 10.1. The van der Waals surface area contributed by atoms with Crippen LogP contribution < -0.4 is 19.7 Å². The number of aromatic nitrogens is 1. The third kappa shape index (κ3) is 3.85. The Morgan fingerprint density at radius 3 is 2.82 bits per heavy atom. The number of carbonyl (C=O) groups excluding carboxylic acids is 2. The molecule has 8 nitrogen and oxygen atoms in total. The van der Waals surface area contributed by atoms with E-state index in [1.807, 2.05) is 25.1 Å². The third-order valence-corrected chi connectivity index (χ3v) is 4.55. The number of rotatable bonds is 6. The summed E-state index contributed by atoms with van der Waals surface area (Å²) < 4.78 is 10.9. The van der Waals surface area contributed by atoms with Crippen LogP contribution in [0.25, 0.3) is 0 Å². The van der Waals surface area contributed by atoms with Crippen molar-refractivity contribution in [1.29, 1.82) is 0 Å². The molecule has 0 saturated carbocycles. The van der Waals surface area contributed by atoms with Gasteiger partial charge in [0.15, 0.2) is 11.5 Å². The molecule has 0 aliphatic carbocycles. The first-order valence-electron chi connectivity index (χ1n) is 9.00. The van der Waals surface area contributed by atoms with Crippen molar-refractivity contribution in [1.82, 2.24) is 9.88 Å². The summed E-state index contributed by atoms with van der Waals surface area (Å²) in [5.41, 5.74) is 1.93. The topological polar surface area (TPSA) is 84.0 Å². The van der Waals surface area contributed by atoms with Gasteiger partial charge < -0.3 is 24.6 Å². The number of likely N-dealkylation sites (N-methyl/N-ethyl adjacent to an activating group) is 1. The molecule has 2 amide bonds. The molecule has 0 fully saturated rings. The molecule has 2 heterocycles. The molecule has 148 valence electrons. The van der Waals surface area contributed by atoms with E-state index < -0.39 is 0 Å². The van der Waals surface area contributed by atoms with Crippen LogP contribution in [0.4, 0.5) is 11.5 Å². The largest absolute Gasteiger partial charge is 0.493 e. The number of hydrogen-bond acceptors (Lipinski definition) is 6. The molecule has 0 radical (unpaired) electrons. The second-order valence-corrected chi connectivity index (χ2v) is 6.48. The minimum atomic E-state index is -0.185. The van der Waals surface area contributed by atoms with E-state index in [2.05, 4.69) is 10.3 Å². The van der Waals surface area contributed by atoms with Crippen LogP contribution in [0.15, 0.2) is 30.5 Å². The monoisotopic (exact) mass is 384 g/mol. The number of carbonyl (C=O) groups is 2. The maximum absolute atomic E-state index is 12.9. The highest BCUT2D eigenvalue weighted by atomic mass is 16.5. The van der Waals surface area contributed by atoms with Gasteiger partial charge >= 0.3 is 0 Å². The predicted octanol–water partition coefficient (Wildman–Crippen LogP) is 2.15. The van der Waals surface area contributed by atoms with Gasteiger partial charge in [-0.1, -0.05) is 6.07 Å². The number of nitrogens with one attached hydrogen (secondary N) is 1. The second-order valence-electron chi connectivity index (χ2n) is 6.48. The highest BCUT2D eigenvalue weighted by Crippen LogP contribution is 2.29. The molecular formula is C20H24N4O4. The normalized spacial score (nSPS) is 12.9. The van der Waals surface area contributed by atoms with E-state index in [-0.39, 0.29) is 18.4 Å². The number of anilines is 2. The third-order valence-electron chi connectivity index (χ3n) is 4.55. The molecule has 0 spiro atoms. The minimum absolute atomic E-state index is 0.0751. The second kappa shape index (κ2) is 8.16. The van der Waals surface area contributed by atoms with Gasteiger partial charge in [-0.2, -0.15) is 0 Å². The average molecular weight is 384 g/mol. The summed E-state index contributed by atoms with van der Waals surface area (Å²) in [7, 11) is 4.99. The van der Waals surface area contributed by atoms with Crippen molar-refractivity contribution >= 4 is 23.3 Å². The van der Waals surface area contributed by atoms with Crippen LogP contribution in [0.1, 0.15) is 22.8 Å². The fraction of sp³-hybridized carbons (Fsp3) is 0.350. The number of methoxy groups -OCH3 is 1. The number of nitrogens with zero attached hydrogens (tertiary/aromatic N) is 3. The molecule has 0 bridgehead atoms. The highest BCUT2D eigenvalue weighted by molar-refractivity contribution is 6.03. The quantitative estimate of drug-likeness (QED) is 0.822. The molecule has 28 heavy (non-hydrogen) atoms. The maximum atomic E-state index is 12.9. The number of hydrogen-bond donors (Lipinski definition) is 1. The summed E-state index contributed by atoms with van der Waals surface area (Å²) in [4.78, 5) is 32.1. The number of ether oxygens (including phenoxy) is 2. The van der Waals surface area contributed by atoms with Crippen LogP contribution >= 0.6 is 0 Å². The van der Waals surface area contributed by atoms with Crippen molar-refractivity contribution in [3.63, 3.8) is 0 Å². The van der Waals surface area contributed by atoms with Gasteiger partial charge in [-0.15, -0.1) is 0 Å². The van der Waals surface area contributed by atoms with Gasteiger partial charge in [0.2, 0.25) is 5.91 Å². The minimum Gasteiger partial charge on any atom is -0.493 e. The zero-order valence-electron chi connectivity index (χ0n) is 16.5. The lowest BCUT2D eigenvalue weighted by Gasteiger charge is -2.26. The van der Waals surface area contributed by atoms with Gasteiger partial charge in [-0.05, 0) is 30.7 Å². The fourth-order valence-corrected chi connectivity index (χ4v) is 3.03. The van der Waals surface area contributed by atoms with E-state index in [1.54, 1.807) is 32.2 Å². The Morgan fingerprint density at radius 1 is 1.32 bits per heavy atom.